The van der Waals surface area contributed by atoms with E-state index >= 15 is 0 Å². The Balaban J connectivity index is 1.69. The Labute approximate surface area is 95.4 Å². The first-order valence-corrected chi connectivity index (χ1v) is 6.54. The summed E-state index contributed by atoms with van der Waals surface area (Å²) < 4.78 is 0. The van der Waals surface area contributed by atoms with Crippen LogP contribution in [0.2, 0.25) is 0 Å². The van der Waals surface area contributed by atoms with Crippen LogP contribution in [0, 0.1) is 0 Å². The van der Waals surface area contributed by atoms with Crippen LogP contribution in [0.25, 0.3) is 0 Å². The molecule has 0 spiro atoms. The van der Waals surface area contributed by atoms with Gasteiger partial charge in [0, 0.05) is 17.1 Å². The van der Waals surface area contributed by atoms with Crippen molar-refractivity contribution in [1.82, 2.24) is 10.3 Å². The minimum atomic E-state index is 0.444. The van der Waals surface area contributed by atoms with Gasteiger partial charge in [0.05, 0.1) is 5.51 Å². The quantitative estimate of drug-likeness (QED) is 0.773. The van der Waals surface area contributed by atoms with Crippen molar-refractivity contribution in [3.8, 4) is 0 Å². The maximum absolute atomic E-state index is 4.10. The van der Waals surface area contributed by atoms with E-state index in [1.54, 1.807) is 16.9 Å². The van der Waals surface area contributed by atoms with E-state index < -0.39 is 0 Å². The molecule has 1 aliphatic rings. The summed E-state index contributed by atoms with van der Waals surface area (Å²) in [5.74, 6) is 0. The Bertz CT molecular complexity index is 316. The van der Waals surface area contributed by atoms with E-state index in [0.29, 0.717) is 6.04 Å². The molecular weight excluding hydrogens is 204 g/mol. The highest BCUT2D eigenvalue weighted by molar-refractivity contribution is 7.09. The minimum absolute atomic E-state index is 0.444. The summed E-state index contributed by atoms with van der Waals surface area (Å²) in [7, 11) is 0. The second-order valence-electron chi connectivity index (χ2n) is 4.08. The SMILES string of the molecule is CC(NCCC1=CCCC1)c1cncs1. The molecule has 1 unspecified atom stereocenters. The normalized spacial score (nSPS) is 17.8. The van der Waals surface area contributed by atoms with Crippen molar-refractivity contribution >= 4 is 11.3 Å². The Morgan fingerprint density at radius 2 is 2.53 bits per heavy atom. The van der Waals surface area contributed by atoms with Crippen LogP contribution < -0.4 is 5.32 Å². The zero-order chi connectivity index (χ0) is 10.5. The lowest BCUT2D eigenvalue weighted by Gasteiger charge is -2.11. The summed E-state index contributed by atoms with van der Waals surface area (Å²) in [5, 5.41) is 3.54. The van der Waals surface area contributed by atoms with Gasteiger partial charge in [-0.05, 0) is 39.2 Å². The minimum Gasteiger partial charge on any atom is -0.309 e. The first-order chi connectivity index (χ1) is 7.36. The Kier molecular flexibility index (Phi) is 3.92. The average molecular weight is 222 g/mol. The van der Waals surface area contributed by atoms with Gasteiger partial charge in [-0.25, -0.2) is 0 Å². The summed E-state index contributed by atoms with van der Waals surface area (Å²) >= 11 is 1.73. The molecule has 1 aliphatic carbocycles. The summed E-state index contributed by atoms with van der Waals surface area (Å²) in [6.07, 6.45) is 9.54. The van der Waals surface area contributed by atoms with Gasteiger partial charge in [-0.3, -0.25) is 4.98 Å². The fourth-order valence-electron chi connectivity index (χ4n) is 1.95. The predicted molar refractivity (Wildman–Crippen MR) is 65.1 cm³/mol. The summed E-state index contributed by atoms with van der Waals surface area (Å²) in [6, 6.07) is 0.444. The number of hydrogen-bond donors (Lipinski definition) is 1. The maximum Gasteiger partial charge on any atom is 0.0794 e. The first kappa shape index (κ1) is 10.8. The molecule has 82 valence electrons. The van der Waals surface area contributed by atoms with E-state index in [1.807, 2.05) is 11.7 Å². The van der Waals surface area contributed by atoms with Crippen molar-refractivity contribution in [2.75, 3.05) is 6.54 Å². The molecule has 1 heterocycles. The second kappa shape index (κ2) is 5.42. The third-order valence-corrected chi connectivity index (χ3v) is 3.87. The molecular formula is C12H18N2S. The third-order valence-electron chi connectivity index (χ3n) is 2.91. The Morgan fingerprint density at radius 1 is 1.60 bits per heavy atom. The van der Waals surface area contributed by atoms with Crippen LogP contribution in [0.1, 0.15) is 43.5 Å². The zero-order valence-electron chi connectivity index (χ0n) is 9.20. The number of nitrogens with zero attached hydrogens (tertiary/aromatic N) is 1. The fraction of sp³-hybridized carbons (Fsp3) is 0.583. The van der Waals surface area contributed by atoms with Gasteiger partial charge in [0.15, 0.2) is 0 Å². The number of rotatable bonds is 5. The van der Waals surface area contributed by atoms with Crippen molar-refractivity contribution in [3.05, 3.63) is 28.2 Å². The number of thiazole rings is 1. The molecule has 0 fully saturated rings. The van der Waals surface area contributed by atoms with E-state index in [1.165, 1.54) is 30.6 Å². The number of allylic oxidation sites excluding steroid dienone is 1. The van der Waals surface area contributed by atoms with Crippen LogP contribution in [0.5, 0.6) is 0 Å². The average Bonchev–Trinajstić information content (AvgIpc) is 2.90. The van der Waals surface area contributed by atoms with Gasteiger partial charge in [0.1, 0.15) is 0 Å². The first-order valence-electron chi connectivity index (χ1n) is 5.66. The van der Waals surface area contributed by atoms with E-state index in [-0.39, 0.29) is 0 Å². The zero-order valence-corrected chi connectivity index (χ0v) is 10.0. The predicted octanol–water partition coefficient (Wildman–Crippen LogP) is 3.29. The van der Waals surface area contributed by atoms with E-state index in [9.17, 15) is 0 Å². The second-order valence-corrected chi connectivity index (χ2v) is 5.00. The molecule has 0 bridgehead atoms. The van der Waals surface area contributed by atoms with Gasteiger partial charge in [0.2, 0.25) is 0 Å². The summed E-state index contributed by atoms with van der Waals surface area (Å²) in [5.41, 5.74) is 3.53. The van der Waals surface area contributed by atoms with Crippen LogP contribution in [0.3, 0.4) is 0 Å². The fourth-order valence-corrected chi connectivity index (χ4v) is 2.61. The van der Waals surface area contributed by atoms with Gasteiger partial charge in [-0.15, -0.1) is 11.3 Å². The molecule has 0 aromatic carbocycles. The highest BCUT2D eigenvalue weighted by Gasteiger charge is 2.07. The molecule has 1 aromatic heterocycles. The lowest BCUT2D eigenvalue weighted by Crippen LogP contribution is -2.19. The van der Waals surface area contributed by atoms with Gasteiger partial charge in [0.25, 0.3) is 0 Å². The van der Waals surface area contributed by atoms with E-state index in [2.05, 4.69) is 23.3 Å². The van der Waals surface area contributed by atoms with Crippen LogP contribution in [-0.2, 0) is 0 Å². The van der Waals surface area contributed by atoms with Crippen LogP contribution >= 0.6 is 11.3 Å². The van der Waals surface area contributed by atoms with Crippen molar-refractivity contribution in [2.24, 2.45) is 0 Å². The van der Waals surface area contributed by atoms with Crippen molar-refractivity contribution < 1.29 is 0 Å². The molecule has 0 aliphatic heterocycles. The topological polar surface area (TPSA) is 24.9 Å². The van der Waals surface area contributed by atoms with Crippen molar-refractivity contribution in [1.29, 1.82) is 0 Å². The van der Waals surface area contributed by atoms with Gasteiger partial charge >= 0.3 is 0 Å². The summed E-state index contributed by atoms with van der Waals surface area (Å²) in [6.45, 7) is 3.29. The number of hydrogen-bond acceptors (Lipinski definition) is 3. The monoisotopic (exact) mass is 222 g/mol. The highest BCUT2D eigenvalue weighted by atomic mass is 32.1. The largest absolute Gasteiger partial charge is 0.309 e. The maximum atomic E-state index is 4.10. The number of aromatic nitrogens is 1. The molecule has 2 nitrogen and oxygen atoms in total. The molecule has 3 heteroatoms. The molecule has 0 saturated carbocycles. The highest BCUT2D eigenvalue weighted by Crippen LogP contribution is 2.21. The smallest absolute Gasteiger partial charge is 0.0794 e. The molecule has 0 amide bonds. The van der Waals surface area contributed by atoms with Crippen molar-refractivity contribution in [3.63, 3.8) is 0 Å². The van der Waals surface area contributed by atoms with Gasteiger partial charge < -0.3 is 5.32 Å². The summed E-state index contributed by atoms with van der Waals surface area (Å²) in [4.78, 5) is 5.42. The van der Waals surface area contributed by atoms with Crippen molar-refractivity contribution in [2.45, 2.75) is 38.6 Å². The van der Waals surface area contributed by atoms with Crippen LogP contribution in [0.15, 0.2) is 23.4 Å². The standard InChI is InChI=1S/C12H18N2S/c1-10(12-8-13-9-15-12)14-7-6-11-4-2-3-5-11/h4,8-10,14H,2-3,5-7H2,1H3. The molecule has 1 aromatic rings. The Morgan fingerprint density at radius 3 is 3.20 bits per heavy atom. The molecule has 1 N–H and O–H groups in total. The van der Waals surface area contributed by atoms with Crippen LogP contribution in [-0.4, -0.2) is 11.5 Å². The van der Waals surface area contributed by atoms with Gasteiger partial charge in [-0.1, -0.05) is 11.6 Å². The van der Waals surface area contributed by atoms with E-state index in [0.717, 1.165) is 6.54 Å². The number of nitrogens with one attached hydrogen (secondary N) is 1. The lowest BCUT2D eigenvalue weighted by molar-refractivity contribution is 0.579. The molecule has 1 atom stereocenters. The Hall–Kier alpha value is -0.670. The van der Waals surface area contributed by atoms with Gasteiger partial charge in [-0.2, -0.15) is 0 Å². The molecule has 0 saturated heterocycles. The van der Waals surface area contributed by atoms with E-state index in [4.69, 9.17) is 0 Å². The molecule has 15 heavy (non-hydrogen) atoms. The van der Waals surface area contributed by atoms with Crippen LogP contribution in [0.4, 0.5) is 0 Å². The molecule has 0 radical (unpaired) electrons. The molecule has 2 rings (SSSR count). The third kappa shape index (κ3) is 3.14. The lowest BCUT2D eigenvalue weighted by atomic mass is 10.1.